The molecule has 0 aliphatic carbocycles. The molecule has 1 fully saturated rings. The Labute approximate surface area is 105 Å². The summed E-state index contributed by atoms with van der Waals surface area (Å²) in [5.74, 6) is -0.376. The minimum Gasteiger partial charge on any atom is -0.447 e. The van der Waals surface area contributed by atoms with Gasteiger partial charge in [0.05, 0.1) is 6.10 Å². The molecule has 0 unspecified atom stereocenters. The third-order valence-corrected chi connectivity index (χ3v) is 2.39. The molecule has 0 spiro atoms. The number of carbonyl (C=O) groups is 2. The predicted octanol–water partition coefficient (Wildman–Crippen LogP) is 1.00. The molecule has 0 radical (unpaired) electrons. The zero-order chi connectivity index (χ0) is 13.7. The highest BCUT2D eigenvalue weighted by molar-refractivity contribution is 5.83. The summed E-state index contributed by atoms with van der Waals surface area (Å²) in [5.41, 5.74) is 0.776. The average molecular weight is 255 g/mol. The van der Waals surface area contributed by atoms with E-state index in [1.165, 1.54) is 4.90 Å². The fraction of sp³-hybridized carbons (Fsp3) is 0.636. The number of likely N-dealkylation sites (tertiary alicyclic amines) is 1. The lowest BCUT2D eigenvalue weighted by Crippen LogP contribution is -2.42. The van der Waals surface area contributed by atoms with Gasteiger partial charge >= 0.3 is 6.09 Å². The Morgan fingerprint density at radius 1 is 1.61 bits per heavy atom. The van der Waals surface area contributed by atoms with E-state index in [-0.39, 0.29) is 18.6 Å². The van der Waals surface area contributed by atoms with Crippen LogP contribution in [0.1, 0.15) is 20.3 Å². The first-order chi connectivity index (χ1) is 8.43. The molecule has 1 saturated heterocycles. The van der Waals surface area contributed by atoms with Gasteiger partial charge in [0.1, 0.15) is 6.54 Å². The number of rotatable bonds is 4. The number of ether oxygens (including phenoxy) is 1. The first-order valence-electron chi connectivity index (χ1n) is 5.67. The van der Waals surface area contributed by atoms with E-state index in [4.69, 9.17) is 4.74 Å². The third-order valence-electron chi connectivity index (χ3n) is 2.39. The van der Waals surface area contributed by atoms with E-state index in [1.54, 1.807) is 13.8 Å². The summed E-state index contributed by atoms with van der Waals surface area (Å²) in [6, 6.07) is 0. The van der Waals surface area contributed by atoms with Crippen LogP contribution in [-0.4, -0.2) is 42.3 Å². The topological polar surface area (TPSA) is 88.1 Å². The summed E-state index contributed by atoms with van der Waals surface area (Å²) in [7, 11) is 0. The summed E-state index contributed by atoms with van der Waals surface area (Å²) in [6.07, 6.45) is -1.25. The highest BCUT2D eigenvalue weighted by Gasteiger charge is 2.31. The van der Waals surface area contributed by atoms with E-state index in [1.807, 2.05) is 0 Å². The SMILES string of the molecule is C=C1C[C@@H](N=O)N(C(=O)CNC(=O)OC(C)C)C1. The lowest BCUT2D eigenvalue weighted by Gasteiger charge is -2.19. The highest BCUT2D eigenvalue weighted by atomic mass is 16.6. The van der Waals surface area contributed by atoms with Crippen molar-refractivity contribution in [1.82, 2.24) is 10.2 Å². The highest BCUT2D eigenvalue weighted by Crippen LogP contribution is 2.21. The fourth-order valence-electron chi connectivity index (χ4n) is 1.63. The van der Waals surface area contributed by atoms with Gasteiger partial charge in [-0.15, -0.1) is 4.91 Å². The molecular weight excluding hydrogens is 238 g/mol. The maximum Gasteiger partial charge on any atom is 0.407 e. The van der Waals surface area contributed by atoms with Crippen LogP contribution in [0.25, 0.3) is 0 Å². The zero-order valence-corrected chi connectivity index (χ0v) is 10.5. The summed E-state index contributed by atoms with van der Waals surface area (Å²) in [5, 5.41) is 5.19. The molecule has 1 aliphatic heterocycles. The zero-order valence-electron chi connectivity index (χ0n) is 10.5. The van der Waals surface area contributed by atoms with Gasteiger partial charge in [0.25, 0.3) is 0 Å². The van der Waals surface area contributed by atoms with Crippen molar-refractivity contribution in [3.05, 3.63) is 17.1 Å². The van der Waals surface area contributed by atoms with Crippen molar-refractivity contribution in [1.29, 1.82) is 0 Å². The summed E-state index contributed by atoms with van der Waals surface area (Å²) in [6.45, 7) is 7.21. The largest absolute Gasteiger partial charge is 0.447 e. The van der Waals surface area contributed by atoms with Gasteiger partial charge in [0, 0.05) is 13.0 Å². The van der Waals surface area contributed by atoms with Gasteiger partial charge in [-0.3, -0.25) is 4.79 Å². The van der Waals surface area contributed by atoms with Gasteiger partial charge in [-0.25, -0.2) is 4.79 Å². The van der Waals surface area contributed by atoms with Crippen LogP contribution in [0.5, 0.6) is 0 Å². The van der Waals surface area contributed by atoms with Crippen LogP contribution in [0.2, 0.25) is 0 Å². The van der Waals surface area contributed by atoms with Crippen LogP contribution >= 0.6 is 0 Å². The number of nitroso groups, excluding NO2 is 1. The van der Waals surface area contributed by atoms with Gasteiger partial charge in [0.15, 0.2) is 6.17 Å². The van der Waals surface area contributed by atoms with E-state index >= 15 is 0 Å². The Balaban J connectivity index is 2.43. The second kappa shape index (κ2) is 6.13. The monoisotopic (exact) mass is 255 g/mol. The maximum atomic E-state index is 11.8. The molecule has 0 aromatic carbocycles. The molecule has 0 saturated carbocycles. The number of nitrogens with one attached hydrogen (secondary N) is 1. The van der Waals surface area contributed by atoms with Crippen molar-refractivity contribution < 1.29 is 14.3 Å². The van der Waals surface area contributed by atoms with Crippen molar-refractivity contribution >= 4 is 12.0 Å². The summed E-state index contributed by atoms with van der Waals surface area (Å²) >= 11 is 0. The van der Waals surface area contributed by atoms with E-state index in [0.29, 0.717) is 13.0 Å². The molecule has 7 nitrogen and oxygen atoms in total. The second-order valence-corrected chi connectivity index (χ2v) is 4.37. The normalized spacial score (nSPS) is 18.9. The second-order valence-electron chi connectivity index (χ2n) is 4.37. The minimum atomic E-state index is -0.715. The molecule has 1 aliphatic rings. The lowest BCUT2D eigenvalue weighted by atomic mass is 10.2. The van der Waals surface area contributed by atoms with Crippen LogP contribution in [0, 0.1) is 4.91 Å². The Morgan fingerprint density at radius 3 is 2.83 bits per heavy atom. The number of hydrogen-bond acceptors (Lipinski definition) is 5. The van der Waals surface area contributed by atoms with Crippen LogP contribution in [0.15, 0.2) is 17.3 Å². The molecule has 18 heavy (non-hydrogen) atoms. The summed E-state index contributed by atoms with van der Waals surface area (Å²) < 4.78 is 4.81. The Bertz CT molecular complexity index is 367. The van der Waals surface area contributed by atoms with Gasteiger partial charge in [0.2, 0.25) is 5.91 Å². The molecule has 1 atom stereocenters. The van der Waals surface area contributed by atoms with E-state index in [2.05, 4.69) is 17.1 Å². The van der Waals surface area contributed by atoms with Gasteiger partial charge in [-0.05, 0) is 19.0 Å². The van der Waals surface area contributed by atoms with Crippen LogP contribution in [0.4, 0.5) is 4.79 Å². The molecule has 0 bridgehead atoms. The van der Waals surface area contributed by atoms with Crippen LogP contribution in [-0.2, 0) is 9.53 Å². The quantitative estimate of drug-likeness (QED) is 0.599. The molecule has 1 heterocycles. The maximum absolute atomic E-state index is 11.8. The molecular formula is C11H17N3O4. The first kappa shape index (κ1) is 14.1. The molecule has 0 aromatic heterocycles. The number of hydrogen-bond donors (Lipinski definition) is 1. The van der Waals surface area contributed by atoms with Crippen molar-refractivity contribution in [3.63, 3.8) is 0 Å². The molecule has 1 N–H and O–H groups in total. The molecule has 0 aromatic rings. The lowest BCUT2D eigenvalue weighted by molar-refractivity contribution is -0.130. The van der Waals surface area contributed by atoms with E-state index in [0.717, 1.165) is 5.57 Å². The van der Waals surface area contributed by atoms with Gasteiger partial charge < -0.3 is 15.0 Å². The average Bonchev–Trinajstić information content (AvgIpc) is 2.66. The smallest absolute Gasteiger partial charge is 0.407 e. The van der Waals surface area contributed by atoms with Crippen molar-refractivity contribution in [3.8, 4) is 0 Å². The van der Waals surface area contributed by atoms with Gasteiger partial charge in [-0.1, -0.05) is 12.2 Å². The van der Waals surface area contributed by atoms with Crippen molar-refractivity contribution in [2.75, 3.05) is 13.1 Å². The predicted molar refractivity (Wildman–Crippen MR) is 64.7 cm³/mol. The number of amides is 2. The van der Waals surface area contributed by atoms with Gasteiger partial charge in [-0.2, -0.15) is 0 Å². The van der Waals surface area contributed by atoms with Crippen LogP contribution in [0.3, 0.4) is 0 Å². The molecule has 100 valence electrons. The third kappa shape index (κ3) is 3.83. The van der Waals surface area contributed by atoms with E-state index < -0.39 is 12.3 Å². The number of alkyl carbamates (subject to hydrolysis) is 1. The standard InChI is InChI=1S/C11H17N3O4/c1-7(2)18-11(16)12-5-10(15)14-6-8(3)4-9(14)13-17/h7,9H,3-6H2,1-2H3,(H,12,16)/t9-/m0/s1. The fourth-order valence-corrected chi connectivity index (χ4v) is 1.63. The van der Waals surface area contributed by atoms with Crippen molar-refractivity contribution in [2.45, 2.75) is 32.5 Å². The van der Waals surface area contributed by atoms with Crippen LogP contribution < -0.4 is 5.32 Å². The summed E-state index contributed by atoms with van der Waals surface area (Å²) in [4.78, 5) is 34.8. The Kier molecular flexibility index (Phi) is 4.82. The number of carbonyl (C=O) groups excluding carboxylic acids is 2. The first-order valence-corrected chi connectivity index (χ1v) is 5.67. The minimum absolute atomic E-state index is 0.217. The molecule has 2 amide bonds. The Hall–Kier alpha value is -1.92. The number of nitrogens with zero attached hydrogens (tertiary/aromatic N) is 2. The van der Waals surface area contributed by atoms with Crippen molar-refractivity contribution in [2.24, 2.45) is 5.18 Å². The molecule has 7 heteroatoms. The Morgan fingerprint density at radius 2 is 2.28 bits per heavy atom. The molecule has 1 rings (SSSR count). The van der Waals surface area contributed by atoms with E-state index in [9.17, 15) is 14.5 Å².